The molecule has 1 aliphatic heterocycles. The summed E-state index contributed by atoms with van der Waals surface area (Å²) in [6.45, 7) is 1.17. The molecule has 194 valence electrons. The Balaban J connectivity index is 1.31. The summed E-state index contributed by atoms with van der Waals surface area (Å²) in [6.07, 6.45) is 6.58. The minimum Gasteiger partial charge on any atom is -0.359 e. The van der Waals surface area contributed by atoms with Crippen molar-refractivity contribution in [3.63, 3.8) is 0 Å². The summed E-state index contributed by atoms with van der Waals surface area (Å²) in [6, 6.07) is 10.5. The fourth-order valence-electron chi connectivity index (χ4n) is 4.26. The molecule has 5 rings (SSSR count). The van der Waals surface area contributed by atoms with Gasteiger partial charge in [-0.1, -0.05) is 18.2 Å². The number of aromatic amines is 1. The average Bonchev–Trinajstić information content (AvgIpc) is 3.36. The molecule has 0 aliphatic carbocycles. The van der Waals surface area contributed by atoms with Gasteiger partial charge in [-0.25, -0.2) is 18.4 Å². The Bertz CT molecular complexity index is 1630. The summed E-state index contributed by atoms with van der Waals surface area (Å²) in [7, 11) is -3.50. The number of nitrogens with zero attached hydrogens (tertiary/aromatic N) is 5. The van der Waals surface area contributed by atoms with E-state index in [0.29, 0.717) is 40.9 Å². The number of piperazine rings is 1. The van der Waals surface area contributed by atoms with Crippen LogP contribution in [0, 0.1) is 0 Å². The lowest BCUT2D eigenvalue weighted by atomic mass is 10.1. The van der Waals surface area contributed by atoms with Crippen LogP contribution >= 0.6 is 0 Å². The van der Waals surface area contributed by atoms with Crippen LogP contribution in [-0.4, -0.2) is 88.2 Å². The molecule has 12 nitrogen and oxygen atoms in total. The van der Waals surface area contributed by atoms with Gasteiger partial charge in [0, 0.05) is 49.5 Å². The van der Waals surface area contributed by atoms with Gasteiger partial charge in [-0.15, -0.1) is 0 Å². The van der Waals surface area contributed by atoms with Crippen molar-refractivity contribution >= 4 is 44.3 Å². The third kappa shape index (κ3) is 5.09. The van der Waals surface area contributed by atoms with Crippen molar-refractivity contribution in [1.82, 2.24) is 29.7 Å². The predicted molar refractivity (Wildman–Crippen MR) is 139 cm³/mol. The van der Waals surface area contributed by atoms with Gasteiger partial charge in [-0.3, -0.25) is 24.1 Å². The summed E-state index contributed by atoms with van der Waals surface area (Å²) >= 11 is 0. The van der Waals surface area contributed by atoms with Crippen molar-refractivity contribution in [2.75, 3.05) is 37.2 Å². The third-order valence-corrected chi connectivity index (χ3v) is 6.68. The van der Waals surface area contributed by atoms with Crippen LogP contribution in [0.5, 0.6) is 0 Å². The second-order valence-electron chi connectivity index (χ2n) is 8.73. The maximum absolute atomic E-state index is 13.2. The van der Waals surface area contributed by atoms with Gasteiger partial charge < -0.3 is 14.8 Å². The van der Waals surface area contributed by atoms with Crippen LogP contribution in [0.3, 0.4) is 0 Å². The van der Waals surface area contributed by atoms with Crippen molar-refractivity contribution in [1.29, 1.82) is 0 Å². The van der Waals surface area contributed by atoms with Gasteiger partial charge in [0.25, 0.3) is 17.6 Å². The highest BCUT2D eigenvalue weighted by atomic mass is 32.2. The Kier molecular flexibility index (Phi) is 6.59. The van der Waals surface area contributed by atoms with Crippen LogP contribution in [-0.2, 0) is 14.8 Å². The van der Waals surface area contributed by atoms with Crippen LogP contribution in [0.25, 0.3) is 22.3 Å². The van der Waals surface area contributed by atoms with Gasteiger partial charge >= 0.3 is 0 Å². The minimum atomic E-state index is -3.50. The van der Waals surface area contributed by atoms with E-state index in [4.69, 9.17) is 0 Å². The molecule has 2 N–H and O–H groups in total. The zero-order chi connectivity index (χ0) is 26.9. The topological polar surface area (TPSA) is 158 Å². The van der Waals surface area contributed by atoms with E-state index >= 15 is 0 Å². The van der Waals surface area contributed by atoms with E-state index in [1.807, 2.05) is 6.07 Å². The second kappa shape index (κ2) is 10.0. The molecule has 2 amide bonds. The molecule has 13 heteroatoms. The quantitative estimate of drug-likeness (QED) is 0.279. The average molecular weight is 534 g/mol. The molecule has 38 heavy (non-hydrogen) atoms. The Morgan fingerprint density at radius 2 is 1.63 bits per heavy atom. The Morgan fingerprint density at radius 3 is 2.29 bits per heavy atom. The van der Waals surface area contributed by atoms with Crippen molar-refractivity contribution in [2.45, 2.75) is 0 Å². The molecule has 3 aromatic heterocycles. The Labute approximate surface area is 217 Å². The lowest BCUT2D eigenvalue weighted by Gasteiger charge is -2.34. The van der Waals surface area contributed by atoms with Gasteiger partial charge in [0.2, 0.25) is 10.0 Å². The zero-order valence-electron chi connectivity index (χ0n) is 20.3. The van der Waals surface area contributed by atoms with Crippen LogP contribution < -0.4 is 4.72 Å². The fraction of sp³-hybridized carbons (Fsp3) is 0.200. The first-order chi connectivity index (χ1) is 18.2. The Hall–Kier alpha value is -4.65. The highest BCUT2D eigenvalue weighted by Crippen LogP contribution is 2.27. The molecule has 0 spiro atoms. The van der Waals surface area contributed by atoms with Gasteiger partial charge in [0.05, 0.1) is 29.7 Å². The van der Waals surface area contributed by atoms with Gasteiger partial charge in [0.15, 0.2) is 5.82 Å². The number of carbonyl (C=O) groups is 3. The summed E-state index contributed by atoms with van der Waals surface area (Å²) in [5.41, 5.74) is 2.00. The number of nitrogens with one attached hydrogen (secondary N) is 2. The summed E-state index contributed by atoms with van der Waals surface area (Å²) in [5, 5.41) is 0.492. The SMILES string of the molecule is CS(=O)(=O)Nc1cnc(-c2nccc3c(C(=O)C(=O)N4CCN(C(=O)c5ccccc5)CC4)c[nH]c23)cn1. The first-order valence-corrected chi connectivity index (χ1v) is 13.5. The number of fused-ring (bicyclic) bond motifs is 1. The molecule has 4 aromatic rings. The molecule has 4 heterocycles. The van der Waals surface area contributed by atoms with E-state index in [0.717, 1.165) is 6.26 Å². The smallest absolute Gasteiger partial charge is 0.295 e. The number of aromatic nitrogens is 4. The van der Waals surface area contributed by atoms with Crippen molar-refractivity contribution < 1.29 is 22.8 Å². The number of sulfonamides is 1. The van der Waals surface area contributed by atoms with Crippen molar-refractivity contribution in [2.24, 2.45) is 0 Å². The van der Waals surface area contributed by atoms with E-state index < -0.39 is 21.7 Å². The zero-order valence-corrected chi connectivity index (χ0v) is 21.1. The highest BCUT2D eigenvalue weighted by molar-refractivity contribution is 7.92. The molecular formula is C25H23N7O5S. The number of hydrogen-bond donors (Lipinski definition) is 2. The number of amides is 2. The van der Waals surface area contributed by atoms with Crippen molar-refractivity contribution in [3.05, 3.63) is 72.3 Å². The molecule has 0 atom stereocenters. The van der Waals surface area contributed by atoms with Gasteiger partial charge in [-0.2, -0.15) is 0 Å². The summed E-state index contributed by atoms with van der Waals surface area (Å²) < 4.78 is 25.0. The lowest BCUT2D eigenvalue weighted by molar-refractivity contribution is -0.127. The normalized spacial score (nSPS) is 13.9. The maximum atomic E-state index is 13.2. The molecule has 1 aromatic carbocycles. The highest BCUT2D eigenvalue weighted by Gasteiger charge is 2.30. The number of pyridine rings is 1. The number of rotatable bonds is 6. The van der Waals surface area contributed by atoms with Crippen molar-refractivity contribution in [3.8, 4) is 11.4 Å². The molecule has 1 saturated heterocycles. The number of carbonyl (C=O) groups excluding carboxylic acids is 3. The lowest BCUT2D eigenvalue weighted by Crippen LogP contribution is -2.52. The van der Waals surface area contributed by atoms with E-state index in [1.54, 1.807) is 35.2 Å². The first kappa shape index (κ1) is 25.0. The monoisotopic (exact) mass is 533 g/mol. The van der Waals surface area contributed by atoms with E-state index in [-0.39, 0.29) is 30.4 Å². The number of Topliss-reactive ketones (excluding diaryl/α,β-unsaturated/α-hetero) is 1. The molecule has 0 saturated carbocycles. The third-order valence-electron chi connectivity index (χ3n) is 6.10. The first-order valence-electron chi connectivity index (χ1n) is 11.7. The fourth-order valence-corrected chi connectivity index (χ4v) is 4.75. The Morgan fingerprint density at radius 1 is 0.921 bits per heavy atom. The predicted octanol–water partition coefficient (Wildman–Crippen LogP) is 1.56. The number of benzene rings is 1. The number of H-pyrrole nitrogens is 1. The molecule has 1 fully saturated rings. The van der Waals surface area contributed by atoms with Gasteiger partial charge in [-0.05, 0) is 18.2 Å². The number of ketones is 1. The number of hydrogen-bond acceptors (Lipinski definition) is 8. The van der Waals surface area contributed by atoms with Gasteiger partial charge in [0.1, 0.15) is 11.4 Å². The molecule has 0 bridgehead atoms. The standard InChI is InChI=1S/C25H23N7O5S/c1-38(36,37)30-20-15-27-19(14-28-20)22-21-17(7-8-26-22)18(13-29-21)23(33)25(35)32-11-9-31(10-12-32)24(34)16-5-3-2-4-6-16/h2-8,13-15,29H,9-12H2,1H3,(H,28,30). The maximum Gasteiger partial charge on any atom is 0.295 e. The summed E-state index contributed by atoms with van der Waals surface area (Å²) in [5.74, 6) is -1.37. The van der Waals surface area contributed by atoms with E-state index in [9.17, 15) is 22.8 Å². The van der Waals surface area contributed by atoms with E-state index in [2.05, 4.69) is 24.7 Å². The van der Waals surface area contributed by atoms with Crippen LogP contribution in [0.4, 0.5) is 5.82 Å². The van der Waals surface area contributed by atoms with E-state index in [1.165, 1.54) is 29.7 Å². The second-order valence-corrected chi connectivity index (χ2v) is 10.5. The minimum absolute atomic E-state index is 0.0574. The largest absolute Gasteiger partial charge is 0.359 e. The molecular weight excluding hydrogens is 510 g/mol. The molecule has 0 radical (unpaired) electrons. The summed E-state index contributed by atoms with van der Waals surface area (Å²) in [4.78, 5) is 57.6. The van der Waals surface area contributed by atoms with Crippen LogP contribution in [0.1, 0.15) is 20.7 Å². The molecule has 0 unspecified atom stereocenters. The molecule has 1 aliphatic rings. The van der Waals surface area contributed by atoms with Crippen LogP contribution in [0.2, 0.25) is 0 Å². The number of anilines is 1. The van der Waals surface area contributed by atoms with Crippen LogP contribution in [0.15, 0.2) is 61.2 Å².